The first-order valence-electron chi connectivity index (χ1n) is 5.46. The number of carboxylic acids is 1. The van der Waals surface area contributed by atoms with Crippen molar-refractivity contribution in [2.24, 2.45) is 5.92 Å². The van der Waals surface area contributed by atoms with Gasteiger partial charge in [-0.05, 0) is 44.7 Å². The zero-order chi connectivity index (χ0) is 11.8. The first-order chi connectivity index (χ1) is 7.49. The van der Waals surface area contributed by atoms with E-state index in [-0.39, 0.29) is 11.1 Å². The number of anilines is 1. The average Bonchev–Trinajstić information content (AvgIpc) is 3.00. The second kappa shape index (κ2) is 3.77. The number of carbonyl (C=O) groups is 1. The third-order valence-electron chi connectivity index (χ3n) is 3.06. The third kappa shape index (κ3) is 2.32. The highest BCUT2D eigenvalue weighted by atomic mass is 16.4. The van der Waals surface area contributed by atoms with Crippen LogP contribution in [-0.4, -0.2) is 21.6 Å². The van der Waals surface area contributed by atoms with Gasteiger partial charge in [0, 0.05) is 11.7 Å². The highest BCUT2D eigenvalue weighted by molar-refractivity contribution is 5.88. The van der Waals surface area contributed by atoms with Crippen molar-refractivity contribution >= 4 is 11.8 Å². The van der Waals surface area contributed by atoms with Crippen LogP contribution in [0.4, 0.5) is 5.82 Å². The van der Waals surface area contributed by atoms with Crippen molar-refractivity contribution in [1.82, 2.24) is 4.98 Å². The molecule has 1 aliphatic carbocycles. The molecule has 0 bridgehead atoms. The van der Waals surface area contributed by atoms with Crippen molar-refractivity contribution in [2.45, 2.75) is 32.2 Å². The fourth-order valence-corrected chi connectivity index (χ4v) is 1.87. The Balaban J connectivity index is 2.14. The predicted molar refractivity (Wildman–Crippen MR) is 61.6 cm³/mol. The molecule has 0 radical (unpaired) electrons. The molecule has 2 N–H and O–H groups in total. The Morgan fingerprint density at radius 1 is 1.56 bits per heavy atom. The van der Waals surface area contributed by atoms with Crippen molar-refractivity contribution in [3.05, 3.63) is 23.9 Å². The molecule has 1 aromatic heterocycles. The molecule has 0 amide bonds. The molecule has 1 heterocycles. The number of pyridine rings is 1. The summed E-state index contributed by atoms with van der Waals surface area (Å²) in [6.45, 7) is 4.25. The molecule has 2 rings (SSSR count). The van der Waals surface area contributed by atoms with Gasteiger partial charge in [-0.2, -0.15) is 0 Å². The van der Waals surface area contributed by atoms with E-state index < -0.39 is 5.97 Å². The maximum Gasteiger partial charge on any atom is 0.335 e. The first-order valence-corrected chi connectivity index (χ1v) is 5.46. The lowest BCUT2D eigenvalue weighted by Crippen LogP contribution is -2.33. The van der Waals surface area contributed by atoms with Crippen LogP contribution in [0.5, 0.6) is 0 Å². The number of hydrogen-bond donors (Lipinski definition) is 2. The van der Waals surface area contributed by atoms with Crippen LogP contribution in [0.2, 0.25) is 0 Å². The summed E-state index contributed by atoms with van der Waals surface area (Å²) >= 11 is 0. The van der Waals surface area contributed by atoms with E-state index in [1.54, 1.807) is 6.07 Å². The highest BCUT2D eigenvalue weighted by Gasteiger charge is 2.37. The fraction of sp³-hybridized carbons (Fsp3) is 0.500. The summed E-state index contributed by atoms with van der Waals surface area (Å²) < 4.78 is 0. The number of aromatic carboxylic acids is 1. The van der Waals surface area contributed by atoms with E-state index >= 15 is 0 Å². The lowest BCUT2D eigenvalue weighted by Gasteiger charge is -2.26. The minimum atomic E-state index is -0.922. The summed E-state index contributed by atoms with van der Waals surface area (Å²) in [7, 11) is 0. The van der Waals surface area contributed by atoms with Gasteiger partial charge < -0.3 is 10.4 Å². The lowest BCUT2D eigenvalue weighted by molar-refractivity contribution is 0.0697. The zero-order valence-electron chi connectivity index (χ0n) is 9.53. The van der Waals surface area contributed by atoms with Gasteiger partial charge in [-0.15, -0.1) is 0 Å². The monoisotopic (exact) mass is 220 g/mol. The molecule has 16 heavy (non-hydrogen) atoms. The van der Waals surface area contributed by atoms with E-state index in [1.807, 2.05) is 0 Å². The van der Waals surface area contributed by atoms with Crippen LogP contribution in [0.15, 0.2) is 18.3 Å². The van der Waals surface area contributed by atoms with Gasteiger partial charge in [0.2, 0.25) is 0 Å². The summed E-state index contributed by atoms with van der Waals surface area (Å²) in [6.07, 6.45) is 3.99. The lowest BCUT2D eigenvalue weighted by atomic mass is 9.99. The summed E-state index contributed by atoms with van der Waals surface area (Å²) in [5.41, 5.74) is 0.258. The number of rotatable bonds is 4. The topological polar surface area (TPSA) is 62.2 Å². The fourth-order valence-electron chi connectivity index (χ4n) is 1.87. The summed E-state index contributed by atoms with van der Waals surface area (Å²) in [6, 6.07) is 3.07. The minimum absolute atomic E-state index is 0.00979. The van der Waals surface area contributed by atoms with Crippen molar-refractivity contribution in [2.75, 3.05) is 5.32 Å². The molecule has 4 heteroatoms. The highest BCUT2D eigenvalue weighted by Crippen LogP contribution is 2.40. The standard InChI is InChI=1S/C12H16N2O2/c1-12(2,9-3-4-9)14-10-7-8(11(15)16)5-6-13-10/h5-7,9H,3-4H2,1-2H3,(H,13,14)(H,15,16). The Morgan fingerprint density at radius 3 is 2.81 bits per heavy atom. The van der Waals surface area contributed by atoms with Gasteiger partial charge in [-0.1, -0.05) is 0 Å². The van der Waals surface area contributed by atoms with Crippen LogP contribution < -0.4 is 5.32 Å². The second-order valence-electron chi connectivity index (χ2n) is 4.86. The maximum absolute atomic E-state index is 10.8. The van der Waals surface area contributed by atoms with Gasteiger partial charge in [-0.25, -0.2) is 9.78 Å². The molecule has 1 aliphatic rings. The zero-order valence-corrected chi connectivity index (χ0v) is 9.53. The van der Waals surface area contributed by atoms with Gasteiger partial charge in [-0.3, -0.25) is 0 Å². The van der Waals surface area contributed by atoms with Gasteiger partial charge in [0.25, 0.3) is 0 Å². The SMILES string of the molecule is CC(C)(Nc1cc(C(=O)O)ccn1)C1CC1. The molecule has 0 saturated heterocycles. The van der Waals surface area contributed by atoms with Crippen molar-refractivity contribution in [1.29, 1.82) is 0 Å². The normalized spacial score (nSPS) is 15.9. The van der Waals surface area contributed by atoms with Crippen LogP contribution in [0, 0.1) is 5.92 Å². The predicted octanol–water partition coefficient (Wildman–Crippen LogP) is 2.38. The number of nitrogens with zero attached hydrogens (tertiary/aromatic N) is 1. The molecule has 1 saturated carbocycles. The largest absolute Gasteiger partial charge is 0.478 e. The van der Waals surface area contributed by atoms with Crippen molar-refractivity contribution in [3.8, 4) is 0 Å². The molecule has 0 unspecified atom stereocenters. The van der Waals surface area contributed by atoms with Crippen molar-refractivity contribution in [3.63, 3.8) is 0 Å². The van der Waals surface area contributed by atoms with Gasteiger partial charge in [0.05, 0.1) is 5.56 Å². The quantitative estimate of drug-likeness (QED) is 0.817. The third-order valence-corrected chi connectivity index (χ3v) is 3.06. The molecule has 0 aliphatic heterocycles. The minimum Gasteiger partial charge on any atom is -0.478 e. The van der Waals surface area contributed by atoms with Crippen LogP contribution in [0.1, 0.15) is 37.0 Å². The van der Waals surface area contributed by atoms with E-state index in [1.165, 1.54) is 25.1 Å². The van der Waals surface area contributed by atoms with Gasteiger partial charge in [0.15, 0.2) is 0 Å². The van der Waals surface area contributed by atoms with E-state index in [0.29, 0.717) is 11.7 Å². The van der Waals surface area contributed by atoms with Crippen molar-refractivity contribution < 1.29 is 9.90 Å². The summed E-state index contributed by atoms with van der Waals surface area (Å²) in [5, 5.41) is 12.2. The molecular formula is C12H16N2O2. The first kappa shape index (κ1) is 10.9. The maximum atomic E-state index is 10.8. The molecule has 0 aromatic carbocycles. The molecule has 1 aromatic rings. The number of carboxylic acid groups (broad SMARTS) is 1. The molecule has 86 valence electrons. The Bertz CT molecular complexity index is 411. The number of aromatic nitrogens is 1. The van der Waals surface area contributed by atoms with E-state index in [0.717, 1.165) is 0 Å². The van der Waals surface area contributed by atoms with Crippen LogP contribution in [0.3, 0.4) is 0 Å². The summed E-state index contributed by atoms with van der Waals surface area (Å²) in [5.74, 6) is 0.384. The Labute approximate surface area is 94.7 Å². The molecular weight excluding hydrogens is 204 g/mol. The molecule has 4 nitrogen and oxygen atoms in total. The van der Waals surface area contributed by atoms with E-state index in [2.05, 4.69) is 24.1 Å². The van der Waals surface area contributed by atoms with E-state index in [4.69, 9.17) is 5.11 Å². The average molecular weight is 220 g/mol. The Kier molecular flexibility index (Phi) is 2.58. The van der Waals surface area contributed by atoms with Crippen LogP contribution in [0.25, 0.3) is 0 Å². The Hall–Kier alpha value is -1.58. The smallest absolute Gasteiger partial charge is 0.335 e. The van der Waals surface area contributed by atoms with Gasteiger partial charge >= 0.3 is 5.97 Å². The summed E-state index contributed by atoms with van der Waals surface area (Å²) in [4.78, 5) is 15.0. The molecule has 1 fully saturated rings. The number of hydrogen-bond acceptors (Lipinski definition) is 3. The molecule has 0 atom stereocenters. The van der Waals surface area contributed by atoms with Crippen LogP contribution in [-0.2, 0) is 0 Å². The van der Waals surface area contributed by atoms with E-state index in [9.17, 15) is 4.79 Å². The number of nitrogens with one attached hydrogen (secondary N) is 1. The van der Waals surface area contributed by atoms with Gasteiger partial charge in [0.1, 0.15) is 5.82 Å². The van der Waals surface area contributed by atoms with Crippen LogP contribution >= 0.6 is 0 Å². The molecule has 0 spiro atoms. The second-order valence-corrected chi connectivity index (χ2v) is 4.86. The Morgan fingerprint density at radius 2 is 2.25 bits per heavy atom.